The number of amides is 1. The Morgan fingerprint density at radius 1 is 1.10 bits per heavy atom. The van der Waals surface area contributed by atoms with Crippen LogP contribution in [0.15, 0.2) is 12.1 Å². The molecule has 1 aliphatic carbocycles. The monoisotopic (exact) mass is 289 g/mol. The summed E-state index contributed by atoms with van der Waals surface area (Å²) in [7, 11) is 0. The topological polar surface area (TPSA) is 38.3 Å². The van der Waals surface area contributed by atoms with Crippen LogP contribution in [-0.2, 0) is 4.79 Å². The summed E-state index contributed by atoms with van der Waals surface area (Å²) in [6, 6.07) is 4.51. The first-order valence-electron chi connectivity index (χ1n) is 8.06. The molecule has 1 amide bonds. The van der Waals surface area contributed by atoms with Crippen LogP contribution in [0.3, 0.4) is 0 Å². The lowest BCUT2D eigenvalue weighted by atomic mass is 10.1. The molecule has 1 aromatic carbocycles. The first kappa shape index (κ1) is 15.9. The van der Waals surface area contributed by atoms with Gasteiger partial charge in [-0.2, -0.15) is 0 Å². The standard InChI is InChI=1S/C18H27NO2/c1-13-10-14(2)18(15(3)11-13)21-12-17(20)19-16-8-6-4-5-7-9-16/h10-11,16H,4-9,12H2,1-3H3,(H,19,20). The Morgan fingerprint density at radius 3 is 2.24 bits per heavy atom. The van der Waals surface area contributed by atoms with E-state index in [9.17, 15) is 4.79 Å². The summed E-state index contributed by atoms with van der Waals surface area (Å²) in [4.78, 5) is 12.1. The van der Waals surface area contributed by atoms with Crippen LogP contribution < -0.4 is 10.1 Å². The van der Waals surface area contributed by atoms with Gasteiger partial charge in [-0.25, -0.2) is 0 Å². The predicted octanol–water partition coefficient (Wildman–Crippen LogP) is 3.83. The minimum atomic E-state index is 0.00118. The van der Waals surface area contributed by atoms with Gasteiger partial charge in [-0.15, -0.1) is 0 Å². The van der Waals surface area contributed by atoms with E-state index in [2.05, 4.69) is 24.4 Å². The third-order valence-corrected chi connectivity index (χ3v) is 4.17. The van der Waals surface area contributed by atoms with Gasteiger partial charge in [-0.3, -0.25) is 4.79 Å². The Hall–Kier alpha value is -1.51. The van der Waals surface area contributed by atoms with Crippen molar-refractivity contribution in [3.63, 3.8) is 0 Å². The van der Waals surface area contributed by atoms with Gasteiger partial charge in [0, 0.05) is 6.04 Å². The molecule has 0 spiro atoms. The average molecular weight is 289 g/mol. The van der Waals surface area contributed by atoms with Crippen molar-refractivity contribution < 1.29 is 9.53 Å². The molecule has 2 rings (SSSR count). The van der Waals surface area contributed by atoms with Crippen molar-refractivity contribution in [2.75, 3.05) is 6.61 Å². The van der Waals surface area contributed by atoms with Crippen molar-refractivity contribution in [2.45, 2.75) is 65.3 Å². The van der Waals surface area contributed by atoms with Gasteiger partial charge < -0.3 is 10.1 Å². The third kappa shape index (κ3) is 4.76. The highest BCUT2D eigenvalue weighted by Crippen LogP contribution is 2.24. The summed E-state index contributed by atoms with van der Waals surface area (Å²) in [6.45, 7) is 6.24. The first-order valence-corrected chi connectivity index (χ1v) is 8.06. The normalized spacial score (nSPS) is 16.3. The number of aryl methyl sites for hydroxylation is 3. The molecule has 0 atom stereocenters. The molecule has 0 aromatic heterocycles. The fraction of sp³-hybridized carbons (Fsp3) is 0.611. The molecule has 0 heterocycles. The SMILES string of the molecule is Cc1cc(C)c(OCC(=O)NC2CCCCCC2)c(C)c1. The molecule has 0 saturated heterocycles. The smallest absolute Gasteiger partial charge is 0.258 e. The molecule has 21 heavy (non-hydrogen) atoms. The lowest BCUT2D eigenvalue weighted by Crippen LogP contribution is -2.37. The Kier molecular flexibility index (Phi) is 5.66. The van der Waals surface area contributed by atoms with E-state index in [4.69, 9.17) is 4.74 Å². The van der Waals surface area contributed by atoms with Crippen molar-refractivity contribution in [3.05, 3.63) is 28.8 Å². The molecular formula is C18H27NO2. The van der Waals surface area contributed by atoms with Gasteiger partial charge in [0.1, 0.15) is 5.75 Å². The number of hydrogen-bond acceptors (Lipinski definition) is 2. The number of hydrogen-bond donors (Lipinski definition) is 1. The molecular weight excluding hydrogens is 262 g/mol. The Balaban J connectivity index is 1.86. The van der Waals surface area contributed by atoms with E-state index in [1.165, 1.54) is 31.2 Å². The zero-order valence-corrected chi connectivity index (χ0v) is 13.5. The molecule has 0 aliphatic heterocycles. The van der Waals surface area contributed by atoms with E-state index in [0.29, 0.717) is 6.04 Å². The molecule has 1 saturated carbocycles. The van der Waals surface area contributed by atoms with E-state index >= 15 is 0 Å². The van der Waals surface area contributed by atoms with E-state index in [-0.39, 0.29) is 12.5 Å². The molecule has 1 aromatic rings. The van der Waals surface area contributed by atoms with Gasteiger partial charge in [0.25, 0.3) is 5.91 Å². The number of ether oxygens (including phenoxy) is 1. The maximum atomic E-state index is 12.1. The number of rotatable bonds is 4. The van der Waals surface area contributed by atoms with E-state index in [1.54, 1.807) is 0 Å². The quantitative estimate of drug-likeness (QED) is 0.856. The van der Waals surface area contributed by atoms with Crippen molar-refractivity contribution >= 4 is 5.91 Å². The van der Waals surface area contributed by atoms with Gasteiger partial charge in [-0.05, 0) is 44.7 Å². The fourth-order valence-electron chi connectivity index (χ4n) is 3.23. The van der Waals surface area contributed by atoms with Crippen molar-refractivity contribution in [3.8, 4) is 5.75 Å². The average Bonchev–Trinajstić information content (AvgIpc) is 2.66. The second kappa shape index (κ2) is 7.48. The maximum absolute atomic E-state index is 12.1. The lowest BCUT2D eigenvalue weighted by Gasteiger charge is -2.17. The van der Waals surface area contributed by atoms with Gasteiger partial charge in [0.05, 0.1) is 0 Å². The third-order valence-electron chi connectivity index (χ3n) is 4.17. The first-order chi connectivity index (χ1) is 10.1. The summed E-state index contributed by atoms with van der Waals surface area (Å²) < 4.78 is 5.75. The molecule has 1 fully saturated rings. The van der Waals surface area contributed by atoms with E-state index in [0.717, 1.165) is 29.7 Å². The Morgan fingerprint density at radius 2 is 1.67 bits per heavy atom. The number of carbonyl (C=O) groups excluding carboxylic acids is 1. The van der Waals surface area contributed by atoms with E-state index < -0.39 is 0 Å². The second-order valence-electron chi connectivity index (χ2n) is 6.27. The molecule has 1 aliphatic rings. The summed E-state index contributed by atoms with van der Waals surface area (Å²) >= 11 is 0. The minimum Gasteiger partial charge on any atom is -0.483 e. The van der Waals surface area contributed by atoms with E-state index in [1.807, 2.05) is 13.8 Å². The lowest BCUT2D eigenvalue weighted by molar-refractivity contribution is -0.123. The largest absolute Gasteiger partial charge is 0.483 e. The highest BCUT2D eigenvalue weighted by molar-refractivity contribution is 5.78. The van der Waals surface area contributed by atoms with Crippen LogP contribution in [0.1, 0.15) is 55.2 Å². The molecule has 3 nitrogen and oxygen atoms in total. The van der Waals surface area contributed by atoms with Crippen LogP contribution in [0.5, 0.6) is 5.75 Å². The molecule has 0 bridgehead atoms. The fourth-order valence-corrected chi connectivity index (χ4v) is 3.23. The number of carbonyl (C=O) groups is 1. The molecule has 0 radical (unpaired) electrons. The Labute approximate surface area is 128 Å². The van der Waals surface area contributed by atoms with Crippen molar-refractivity contribution in [1.82, 2.24) is 5.32 Å². The number of benzene rings is 1. The summed E-state index contributed by atoms with van der Waals surface area (Å²) in [6.07, 6.45) is 7.25. The maximum Gasteiger partial charge on any atom is 0.258 e. The highest BCUT2D eigenvalue weighted by atomic mass is 16.5. The van der Waals surface area contributed by atoms with Crippen LogP contribution >= 0.6 is 0 Å². The van der Waals surface area contributed by atoms with Crippen LogP contribution in [-0.4, -0.2) is 18.6 Å². The highest BCUT2D eigenvalue weighted by Gasteiger charge is 2.15. The minimum absolute atomic E-state index is 0.00118. The Bertz CT molecular complexity index is 465. The predicted molar refractivity (Wildman–Crippen MR) is 85.8 cm³/mol. The van der Waals surface area contributed by atoms with Crippen LogP contribution in [0, 0.1) is 20.8 Å². The summed E-state index contributed by atoms with van der Waals surface area (Å²) in [5, 5.41) is 3.12. The molecule has 3 heteroatoms. The van der Waals surface area contributed by atoms with Crippen LogP contribution in [0.4, 0.5) is 0 Å². The van der Waals surface area contributed by atoms with Crippen molar-refractivity contribution in [1.29, 1.82) is 0 Å². The molecule has 0 unspecified atom stereocenters. The van der Waals surface area contributed by atoms with Gasteiger partial charge in [-0.1, -0.05) is 43.4 Å². The van der Waals surface area contributed by atoms with Crippen LogP contribution in [0.25, 0.3) is 0 Å². The zero-order chi connectivity index (χ0) is 15.2. The van der Waals surface area contributed by atoms with Gasteiger partial charge in [0.2, 0.25) is 0 Å². The summed E-state index contributed by atoms with van der Waals surface area (Å²) in [5.74, 6) is 0.845. The second-order valence-corrected chi connectivity index (χ2v) is 6.27. The summed E-state index contributed by atoms with van der Waals surface area (Å²) in [5.41, 5.74) is 3.41. The molecule has 1 N–H and O–H groups in total. The van der Waals surface area contributed by atoms with Gasteiger partial charge >= 0.3 is 0 Å². The zero-order valence-electron chi connectivity index (χ0n) is 13.5. The number of nitrogens with one attached hydrogen (secondary N) is 1. The van der Waals surface area contributed by atoms with Crippen LogP contribution in [0.2, 0.25) is 0 Å². The van der Waals surface area contributed by atoms with Crippen molar-refractivity contribution in [2.24, 2.45) is 0 Å². The molecule has 116 valence electrons. The van der Waals surface area contributed by atoms with Gasteiger partial charge in [0.15, 0.2) is 6.61 Å².